The fourth-order valence-electron chi connectivity index (χ4n) is 6.17. The van der Waals surface area contributed by atoms with Crippen LogP contribution >= 0.6 is 0 Å². The molecule has 4 aromatic carbocycles. The zero-order chi connectivity index (χ0) is 35.9. The smallest absolute Gasteiger partial charge is 0.233 e. The molecule has 1 aliphatic rings. The zero-order valence-corrected chi connectivity index (χ0v) is 27.2. The number of carbonyl (C=O) groups excluding carboxylic acids is 1. The maximum atomic E-state index is 13.7. The quantitative estimate of drug-likeness (QED) is 0.0871. The fraction of sp³-hybridized carbons (Fsp3) is 0.342. The van der Waals surface area contributed by atoms with Gasteiger partial charge in [-0.15, -0.1) is 0 Å². The molecule has 1 aliphatic heterocycles. The Bertz CT molecular complexity index is 1680. The van der Waals surface area contributed by atoms with Gasteiger partial charge < -0.3 is 46.0 Å². The van der Waals surface area contributed by atoms with Crippen molar-refractivity contribution >= 4 is 11.6 Å². The third-order valence-electron chi connectivity index (χ3n) is 9.17. The Morgan fingerprint density at radius 3 is 1.92 bits per heavy atom. The zero-order valence-electron chi connectivity index (χ0n) is 27.2. The monoisotopic (exact) mass is 692 g/mol. The second-order valence-corrected chi connectivity index (χ2v) is 12.6. The average molecular weight is 693 g/mol. The van der Waals surface area contributed by atoms with Gasteiger partial charge in [-0.3, -0.25) is 4.79 Å². The predicted octanol–water partition coefficient (Wildman–Crippen LogP) is 3.07. The predicted molar refractivity (Wildman–Crippen MR) is 181 cm³/mol. The number of aliphatic hydroxyl groups is 6. The van der Waals surface area contributed by atoms with Crippen LogP contribution in [0, 0.1) is 17.6 Å². The maximum absolute atomic E-state index is 13.7. The minimum atomic E-state index is -1.76. The molecule has 0 aliphatic carbocycles. The minimum absolute atomic E-state index is 0.138. The van der Waals surface area contributed by atoms with Crippen LogP contribution in [0.5, 0.6) is 5.75 Å². The lowest BCUT2D eigenvalue weighted by Crippen LogP contribution is -2.55. The number of benzene rings is 4. The van der Waals surface area contributed by atoms with Crippen LogP contribution < -0.4 is 15.4 Å². The topological polar surface area (TPSA) is 177 Å². The average Bonchev–Trinajstić information content (AvgIpc) is 3.13. The molecule has 8 atom stereocenters. The van der Waals surface area contributed by atoms with Gasteiger partial charge in [-0.1, -0.05) is 48.5 Å². The number of carbonyl (C=O) groups is 1. The van der Waals surface area contributed by atoms with Gasteiger partial charge in [0.2, 0.25) is 5.91 Å². The number of anilines is 1. The second-order valence-electron chi connectivity index (χ2n) is 12.6. The van der Waals surface area contributed by atoms with Crippen molar-refractivity contribution in [1.29, 1.82) is 0 Å². The molecule has 4 aromatic rings. The third kappa shape index (κ3) is 8.71. The van der Waals surface area contributed by atoms with E-state index in [0.29, 0.717) is 29.8 Å². The lowest BCUT2D eigenvalue weighted by atomic mass is 9.78. The molecule has 0 saturated carbocycles. The van der Waals surface area contributed by atoms with Gasteiger partial charge in [-0.2, -0.15) is 0 Å². The van der Waals surface area contributed by atoms with Crippen molar-refractivity contribution in [2.45, 2.75) is 68.5 Å². The van der Waals surface area contributed by atoms with E-state index in [9.17, 15) is 39.1 Å². The van der Waals surface area contributed by atoms with E-state index in [-0.39, 0.29) is 25.0 Å². The van der Waals surface area contributed by atoms with Crippen LogP contribution in [0.3, 0.4) is 0 Å². The number of aliphatic hydroxyl groups excluding tert-OH is 6. The Balaban J connectivity index is 1.20. The normalized spacial score (nSPS) is 19.6. The number of halogens is 2. The van der Waals surface area contributed by atoms with Crippen LogP contribution in [-0.4, -0.2) is 73.6 Å². The Kier molecular flexibility index (Phi) is 12.3. The van der Waals surface area contributed by atoms with Crippen LogP contribution in [0.2, 0.25) is 0 Å². The van der Waals surface area contributed by atoms with E-state index in [1.54, 1.807) is 41.3 Å². The first-order valence-corrected chi connectivity index (χ1v) is 16.4. The van der Waals surface area contributed by atoms with Crippen LogP contribution in [-0.2, 0) is 17.8 Å². The summed E-state index contributed by atoms with van der Waals surface area (Å²) < 4.78 is 33.0. The van der Waals surface area contributed by atoms with Gasteiger partial charge in [0.05, 0.1) is 30.8 Å². The molecule has 266 valence electrons. The highest BCUT2D eigenvalue weighted by Gasteiger charge is 2.48. The molecule has 0 radical (unpaired) electrons. The maximum Gasteiger partial charge on any atom is 0.233 e. The molecule has 0 aromatic heterocycles. The lowest BCUT2D eigenvalue weighted by Gasteiger charge is -2.48. The van der Waals surface area contributed by atoms with Crippen molar-refractivity contribution in [2.24, 2.45) is 11.7 Å². The molecule has 12 heteroatoms. The van der Waals surface area contributed by atoms with Gasteiger partial charge in [-0.25, -0.2) is 8.78 Å². The highest BCUT2D eigenvalue weighted by Crippen LogP contribution is 2.46. The van der Waals surface area contributed by atoms with Crippen LogP contribution in [0.25, 0.3) is 0 Å². The molecule has 10 nitrogen and oxygen atoms in total. The molecule has 50 heavy (non-hydrogen) atoms. The second kappa shape index (κ2) is 16.6. The van der Waals surface area contributed by atoms with Gasteiger partial charge >= 0.3 is 0 Å². The summed E-state index contributed by atoms with van der Waals surface area (Å²) >= 11 is 0. The van der Waals surface area contributed by atoms with Crippen molar-refractivity contribution in [3.8, 4) is 5.75 Å². The fourth-order valence-corrected chi connectivity index (χ4v) is 6.17. The third-order valence-corrected chi connectivity index (χ3v) is 9.17. The summed E-state index contributed by atoms with van der Waals surface area (Å²) in [6.07, 6.45) is -6.67. The highest BCUT2D eigenvalue weighted by atomic mass is 19.1. The summed E-state index contributed by atoms with van der Waals surface area (Å²) in [5.74, 6) is -0.800. The molecule has 1 saturated heterocycles. The van der Waals surface area contributed by atoms with Crippen LogP contribution in [0.4, 0.5) is 14.5 Å². The first-order valence-electron chi connectivity index (χ1n) is 16.4. The summed E-state index contributed by atoms with van der Waals surface area (Å²) in [6.45, 7) is -0.537. The Hall–Kier alpha value is -4.27. The van der Waals surface area contributed by atoms with Gasteiger partial charge in [0.15, 0.2) is 0 Å². The van der Waals surface area contributed by atoms with Gasteiger partial charge in [0.25, 0.3) is 0 Å². The first-order chi connectivity index (χ1) is 24.0. The van der Waals surface area contributed by atoms with Crippen molar-refractivity contribution < 1.29 is 49.0 Å². The van der Waals surface area contributed by atoms with E-state index in [1.165, 1.54) is 36.4 Å². The van der Waals surface area contributed by atoms with Gasteiger partial charge in [0.1, 0.15) is 42.3 Å². The van der Waals surface area contributed by atoms with Crippen molar-refractivity contribution in [1.82, 2.24) is 0 Å². The molecular weight excluding hydrogens is 650 g/mol. The number of hydrogen-bond acceptors (Lipinski definition) is 9. The molecule has 0 bridgehead atoms. The van der Waals surface area contributed by atoms with E-state index in [1.807, 2.05) is 24.3 Å². The number of β-lactam (4-membered cyclic amide) rings is 1. The standard InChI is InChI=1S/C38H42F2N2O8/c39-26-9-5-24(6-10-26)32(44)18-17-30-34(42(38(30)49)28-13-11-27(40)12-14-28)25-7-15-29(16-8-25)50-21-23-3-1-22(2-4-23)19-31(41)35(46)37(48)36(47)33(45)20-43/h1-16,30-37,43-48H,17-21,41H2. The van der Waals surface area contributed by atoms with Gasteiger partial charge in [0, 0.05) is 11.7 Å². The molecule has 1 fully saturated rings. The van der Waals surface area contributed by atoms with E-state index in [4.69, 9.17) is 15.6 Å². The number of ether oxygens (including phenoxy) is 1. The summed E-state index contributed by atoms with van der Waals surface area (Å²) in [6, 6.07) is 24.6. The Morgan fingerprint density at radius 2 is 1.32 bits per heavy atom. The lowest BCUT2D eigenvalue weighted by molar-refractivity contribution is -0.131. The first kappa shape index (κ1) is 37.0. The van der Waals surface area contributed by atoms with Crippen molar-refractivity contribution in [2.75, 3.05) is 11.5 Å². The molecule has 5 rings (SSSR count). The van der Waals surface area contributed by atoms with E-state index in [2.05, 4.69) is 0 Å². The van der Waals surface area contributed by atoms with Crippen LogP contribution in [0.15, 0.2) is 97.1 Å². The minimum Gasteiger partial charge on any atom is -0.489 e. The Morgan fingerprint density at radius 1 is 0.740 bits per heavy atom. The van der Waals surface area contributed by atoms with Crippen LogP contribution in [0.1, 0.15) is 47.2 Å². The molecule has 8 N–H and O–H groups in total. The number of rotatable bonds is 16. The molecule has 1 heterocycles. The van der Waals surface area contributed by atoms with Crippen molar-refractivity contribution in [3.63, 3.8) is 0 Å². The SMILES string of the molecule is NC(Cc1ccc(COc2ccc(C3C(CCC(O)c4ccc(F)cc4)C(=O)N3c3ccc(F)cc3)cc2)cc1)C(O)C(O)C(O)C(O)CO. The van der Waals surface area contributed by atoms with Gasteiger partial charge in [-0.05, 0) is 90.0 Å². The molecule has 0 spiro atoms. The molecule has 1 amide bonds. The number of hydrogen-bond donors (Lipinski definition) is 7. The van der Waals surface area contributed by atoms with Crippen molar-refractivity contribution in [3.05, 3.63) is 131 Å². The highest BCUT2D eigenvalue weighted by molar-refractivity contribution is 6.03. The summed E-state index contributed by atoms with van der Waals surface area (Å²) in [7, 11) is 0. The molecular formula is C38H42F2N2O8. The Labute approximate surface area is 288 Å². The van der Waals surface area contributed by atoms with E-state index < -0.39 is 60.7 Å². The number of nitrogens with two attached hydrogens (primary N) is 1. The largest absolute Gasteiger partial charge is 0.489 e. The molecule has 8 unspecified atom stereocenters. The summed E-state index contributed by atoms with van der Waals surface area (Å²) in [5.41, 5.74) is 9.60. The number of nitrogens with zero attached hydrogens (tertiary/aromatic N) is 1. The summed E-state index contributed by atoms with van der Waals surface area (Å²) in [5, 5.41) is 59.5. The number of amides is 1. The van der Waals surface area contributed by atoms with E-state index in [0.717, 1.165) is 16.7 Å². The summed E-state index contributed by atoms with van der Waals surface area (Å²) in [4.78, 5) is 15.0. The van der Waals surface area contributed by atoms with E-state index >= 15 is 0 Å².